The highest BCUT2D eigenvalue weighted by atomic mass is 16.4. The summed E-state index contributed by atoms with van der Waals surface area (Å²) in [4.78, 5) is 26.0. The minimum Gasteiger partial charge on any atom is -0.478 e. The first-order valence-electron chi connectivity index (χ1n) is 8.66. The van der Waals surface area contributed by atoms with E-state index in [9.17, 15) is 19.8 Å². The van der Waals surface area contributed by atoms with Gasteiger partial charge in [-0.25, -0.2) is 9.59 Å². The van der Waals surface area contributed by atoms with E-state index in [0.29, 0.717) is 23.5 Å². The van der Waals surface area contributed by atoms with Crippen LogP contribution in [0.25, 0.3) is 0 Å². The Balaban J connectivity index is 2.18. The molecule has 5 heteroatoms. The Labute approximate surface area is 157 Å². The van der Waals surface area contributed by atoms with Gasteiger partial charge in [0.1, 0.15) is 0 Å². The van der Waals surface area contributed by atoms with Gasteiger partial charge in [-0.05, 0) is 25.0 Å². The molecule has 0 atom stereocenters. The highest BCUT2D eigenvalue weighted by Gasteiger charge is 2.39. The summed E-state index contributed by atoms with van der Waals surface area (Å²) < 4.78 is 0. The normalized spacial score (nSPS) is 15.3. The number of carbonyl (C=O) groups is 2. The molecular weight excluding hydrogens is 342 g/mol. The molecule has 1 aliphatic heterocycles. The summed E-state index contributed by atoms with van der Waals surface area (Å²) in [6, 6.07) is 18.5. The maximum atomic E-state index is 12.1. The van der Waals surface area contributed by atoms with Crippen LogP contribution < -0.4 is 0 Å². The van der Waals surface area contributed by atoms with E-state index in [1.54, 1.807) is 43.0 Å². The Bertz CT molecular complexity index is 891. The van der Waals surface area contributed by atoms with Crippen molar-refractivity contribution in [1.82, 2.24) is 4.90 Å². The summed E-state index contributed by atoms with van der Waals surface area (Å²) in [6.45, 7) is 3.89. The van der Waals surface area contributed by atoms with Crippen LogP contribution in [0.1, 0.15) is 30.9 Å². The quantitative estimate of drug-likeness (QED) is 0.839. The number of hydrogen-bond acceptors (Lipinski definition) is 3. The lowest BCUT2D eigenvalue weighted by atomic mass is 9.79. The third-order valence-electron chi connectivity index (χ3n) is 4.94. The molecule has 5 nitrogen and oxygen atoms in total. The lowest BCUT2D eigenvalue weighted by Crippen LogP contribution is -2.34. The van der Waals surface area contributed by atoms with Crippen molar-refractivity contribution in [2.75, 3.05) is 0 Å². The zero-order valence-electron chi connectivity index (χ0n) is 15.2. The maximum absolute atomic E-state index is 12.1. The molecular formula is C22H21NO4. The Morgan fingerprint density at radius 2 is 1.26 bits per heavy atom. The fraction of sp³-hybridized carbons (Fsp3) is 0.182. The van der Waals surface area contributed by atoms with Gasteiger partial charge in [-0.3, -0.25) is 0 Å². The average Bonchev–Trinajstić information content (AvgIpc) is 2.65. The third kappa shape index (κ3) is 3.49. The van der Waals surface area contributed by atoms with Crippen molar-refractivity contribution in [2.24, 2.45) is 0 Å². The summed E-state index contributed by atoms with van der Waals surface area (Å²) in [5.41, 5.74) is 2.94. The molecule has 2 aromatic carbocycles. The van der Waals surface area contributed by atoms with Crippen LogP contribution in [0.5, 0.6) is 0 Å². The van der Waals surface area contributed by atoms with Crippen molar-refractivity contribution >= 4 is 11.9 Å². The van der Waals surface area contributed by atoms with Gasteiger partial charge in [0.2, 0.25) is 0 Å². The van der Waals surface area contributed by atoms with Crippen LogP contribution in [-0.4, -0.2) is 27.1 Å². The summed E-state index contributed by atoms with van der Waals surface area (Å²) in [6.07, 6.45) is 0. The predicted octanol–water partition coefficient (Wildman–Crippen LogP) is 4.00. The van der Waals surface area contributed by atoms with E-state index in [-0.39, 0.29) is 11.1 Å². The number of nitrogens with zero attached hydrogens (tertiary/aromatic N) is 1. The molecule has 0 aliphatic carbocycles. The van der Waals surface area contributed by atoms with E-state index < -0.39 is 17.9 Å². The van der Waals surface area contributed by atoms with Crippen molar-refractivity contribution < 1.29 is 19.8 Å². The number of carboxylic acid groups (broad SMARTS) is 2. The first-order valence-corrected chi connectivity index (χ1v) is 8.66. The number of aliphatic carboxylic acids is 2. The largest absolute Gasteiger partial charge is 0.478 e. The molecule has 0 spiro atoms. The van der Waals surface area contributed by atoms with Crippen LogP contribution in [0, 0.1) is 0 Å². The van der Waals surface area contributed by atoms with Gasteiger partial charge >= 0.3 is 11.9 Å². The van der Waals surface area contributed by atoms with Gasteiger partial charge in [0, 0.05) is 17.9 Å². The second-order valence-electron chi connectivity index (χ2n) is 6.52. The zero-order chi connectivity index (χ0) is 19.6. The van der Waals surface area contributed by atoms with Gasteiger partial charge in [-0.2, -0.15) is 0 Å². The Morgan fingerprint density at radius 3 is 1.70 bits per heavy atom. The SMILES string of the molecule is CC1=C(C(=O)O)C(c2ccccc2)C(C(=O)O)=C(C)N1Cc1ccccc1. The Hall–Kier alpha value is -3.34. The van der Waals surface area contributed by atoms with E-state index in [1.165, 1.54) is 0 Å². The minimum absolute atomic E-state index is 0.0973. The molecule has 0 bridgehead atoms. The Kier molecular flexibility index (Phi) is 5.12. The second kappa shape index (κ2) is 7.50. The van der Waals surface area contributed by atoms with Gasteiger partial charge in [-0.1, -0.05) is 60.7 Å². The fourth-order valence-electron chi connectivity index (χ4n) is 3.64. The van der Waals surface area contributed by atoms with E-state index in [4.69, 9.17) is 0 Å². The minimum atomic E-state index is -1.11. The molecule has 0 amide bonds. The van der Waals surface area contributed by atoms with E-state index in [0.717, 1.165) is 5.56 Å². The van der Waals surface area contributed by atoms with Crippen molar-refractivity contribution in [2.45, 2.75) is 26.3 Å². The van der Waals surface area contributed by atoms with Crippen LogP contribution in [0.15, 0.2) is 83.2 Å². The number of rotatable bonds is 5. The molecule has 0 saturated carbocycles. The Morgan fingerprint density at radius 1 is 0.815 bits per heavy atom. The topological polar surface area (TPSA) is 77.8 Å². The highest BCUT2D eigenvalue weighted by molar-refractivity contribution is 5.98. The van der Waals surface area contributed by atoms with E-state index >= 15 is 0 Å². The molecule has 0 unspecified atom stereocenters. The lowest BCUT2D eigenvalue weighted by molar-refractivity contribution is -0.133. The molecule has 1 heterocycles. The van der Waals surface area contributed by atoms with Gasteiger partial charge in [-0.15, -0.1) is 0 Å². The summed E-state index contributed by atoms with van der Waals surface area (Å²) in [7, 11) is 0. The number of hydrogen-bond donors (Lipinski definition) is 2. The maximum Gasteiger partial charge on any atom is 0.334 e. The predicted molar refractivity (Wildman–Crippen MR) is 102 cm³/mol. The first-order chi connectivity index (χ1) is 12.9. The molecule has 138 valence electrons. The smallest absolute Gasteiger partial charge is 0.334 e. The molecule has 0 radical (unpaired) electrons. The van der Waals surface area contributed by atoms with Crippen LogP contribution in [0.2, 0.25) is 0 Å². The van der Waals surface area contributed by atoms with Gasteiger partial charge in [0.25, 0.3) is 0 Å². The number of carboxylic acids is 2. The second-order valence-corrected chi connectivity index (χ2v) is 6.52. The average molecular weight is 363 g/mol. The van der Waals surface area contributed by atoms with Gasteiger partial charge in [0.05, 0.1) is 17.1 Å². The van der Waals surface area contributed by atoms with E-state index in [1.807, 2.05) is 36.4 Å². The van der Waals surface area contributed by atoms with Gasteiger partial charge in [0.15, 0.2) is 0 Å². The molecule has 2 N–H and O–H groups in total. The summed E-state index contributed by atoms with van der Waals surface area (Å²) in [5.74, 6) is -3.02. The molecule has 0 fully saturated rings. The number of allylic oxidation sites excluding steroid dienone is 2. The molecule has 27 heavy (non-hydrogen) atoms. The number of benzene rings is 2. The zero-order valence-corrected chi connectivity index (χ0v) is 15.2. The monoisotopic (exact) mass is 363 g/mol. The van der Waals surface area contributed by atoms with Crippen LogP contribution in [0.3, 0.4) is 0 Å². The lowest BCUT2D eigenvalue weighted by Gasteiger charge is -2.37. The van der Waals surface area contributed by atoms with Crippen molar-refractivity contribution in [3.05, 3.63) is 94.3 Å². The van der Waals surface area contributed by atoms with Crippen LogP contribution in [0.4, 0.5) is 0 Å². The summed E-state index contributed by atoms with van der Waals surface area (Å²) >= 11 is 0. The third-order valence-corrected chi connectivity index (χ3v) is 4.94. The standard InChI is InChI=1S/C22H21NO4/c1-14-18(21(24)25)20(17-11-7-4-8-12-17)19(22(26)27)15(2)23(14)13-16-9-5-3-6-10-16/h3-12,20H,13H2,1-2H3,(H,24,25)(H,26,27). The van der Waals surface area contributed by atoms with Crippen molar-refractivity contribution in [1.29, 1.82) is 0 Å². The molecule has 2 aromatic rings. The summed E-state index contributed by atoms with van der Waals surface area (Å²) in [5, 5.41) is 19.8. The van der Waals surface area contributed by atoms with Crippen LogP contribution >= 0.6 is 0 Å². The van der Waals surface area contributed by atoms with Crippen molar-refractivity contribution in [3.8, 4) is 0 Å². The molecule has 0 aromatic heterocycles. The van der Waals surface area contributed by atoms with Gasteiger partial charge < -0.3 is 15.1 Å². The highest BCUT2D eigenvalue weighted by Crippen LogP contribution is 2.42. The van der Waals surface area contributed by atoms with Crippen LogP contribution in [-0.2, 0) is 16.1 Å². The molecule has 0 saturated heterocycles. The van der Waals surface area contributed by atoms with Crippen molar-refractivity contribution in [3.63, 3.8) is 0 Å². The molecule has 3 rings (SSSR count). The first kappa shape index (κ1) is 18.5. The van der Waals surface area contributed by atoms with E-state index in [2.05, 4.69) is 0 Å². The fourth-order valence-corrected chi connectivity index (χ4v) is 3.64. The molecule has 1 aliphatic rings.